The van der Waals surface area contributed by atoms with Crippen LogP contribution < -0.4 is 10.0 Å². The summed E-state index contributed by atoms with van der Waals surface area (Å²) in [4.78, 5) is 14.1. The van der Waals surface area contributed by atoms with Crippen LogP contribution in [0.2, 0.25) is 0 Å². The van der Waals surface area contributed by atoms with E-state index in [0.717, 1.165) is 32.4 Å². The highest BCUT2D eigenvalue weighted by Crippen LogP contribution is 2.11. The van der Waals surface area contributed by atoms with E-state index in [1.54, 1.807) is 0 Å². The number of sulfonamides is 1. The zero-order valence-electron chi connectivity index (χ0n) is 14.4. The van der Waals surface area contributed by atoms with Crippen molar-refractivity contribution in [1.82, 2.24) is 14.9 Å². The van der Waals surface area contributed by atoms with Gasteiger partial charge in [-0.3, -0.25) is 9.69 Å². The molecule has 0 aromatic heterocycles. The Morgan fingerprint density at radius 2 is 1.92 bits per heavy atom. The standard InChI is InChI=1S/C17H27N3O3S/c1-14-5-3-4-6-15(14)7-10-18-17(21)13-20-11-8-16(9-12-20)19-24(2,22)23/h3-6,16,19H,7-13H2,1-2H3,(H,18,21). The third kappa shape index (κ3) is 6.59. The van der Waals surface area contributed by atoms with Crippen LogP contribution in [0.4, 0.5) is 0 Å². The minimum absolute atomic E-state index is 0.0135. The molecule has 24 heavy (non-hydrogen) atoms. The topological polar surface area (TPSA) is 78.5 Å². The van der Waals surface area contributed by atoms with Crippen LogP contribution in [0.3, 0.4) is 0 Å². The van der Waals surface area contributed by atoms with E-state index in [1.807, 2.05) is 12.1 Å². The molecular weight excluding hydrogens is 326 g/mol. The monoisotopic (exact) mass is 353 g/mol. The number of amides is 1. The smallest absolute Gasteiger partial charge is 0.234 e. The first-order chi connectivity index (χ1) is 11.3. The normalized spacial score (nSPS) is 16.9. The molecule has 2 rings (SSSR count). The van der Waals surface area contributed by atoms with Crippen LogP contribution in [0.15, 0.2) is 24.3 Å². The van der Waals surface area contributed by atoms with Crippen molar-refractivity contribution in [3.8, 4) is 0 Å². The summed E-state index contributed by atoms with van der Waals surface area (Å²) in [5, 5.41) is 2.96. The van der Waals surface area contributed by atoms with Crippen molar-refractivity contribution in [3.63, 3.8) is 0 Å². The molecular formula is C17H27N3O3S. The summed E-state index contributed by atoms with van der Waals surface area (Å²) in [5.41, 5.74) is 2.50. The fourth-order valence-corrected chi connectivity index (χ4v) is 3.84. The third-order valence-corrected chi connectivity index (χ3v) is 5.07. The van der Waals surface area contributed by atoms with E-state index in [-0.39, 0.29) is 11.9 Å². The lowest BCUT2D eigenvalue weighted by molar-refractivity contribution is -0.122. The number of rotatable bonds is 7. The summed E-state index contributed by atoms with van der Waals surface area (Å²) < 4.78 is 25.1. The van der Waals surface area contributed by atoms with E-state index in [9.17, 15) is 13.2 Å². The average molecular weight is 353 g/mol. The van der Waals surface area contributed by atoms with Crippen molar-refractivity contribution < 1.29 is 13.2 Å². The molecule has 0 spiro atoms. The Morgan fingerprint density at radius 1 is 1.25 bits per heavy atom. The highest BCUT2D eigenvalue weighted by atomic mass is 32.2. The van der Waals surface area contributed by atoms with Gasteiger partial charge in [-0.25, -0.2) is 13.1 Å². The van der Waals surface area contributed by atoms with Gasteiger partial charge in [0, 0.05) is 25.7 Å². The zero-order chi connectivity index (χ0) is 17.6. The Labute approximate surface area is 144 Å². The first kappa shape index (κ1) is 18.9. The van der Waals surface area contributed by atoms with Gasteiger partial charge in [0.25, 0.3) is 0 Å². The second kappa shape index (κ2) is 8.60. The summed E-state index contributed by atoms with van der Waals surface area (Å²) in [5.74, 6) is 0.0260. The molecule has 1 aliphatic heterocycles. The average Bonchev–Trinajstić information content (AvgIpc) is 2.50. The number of nitrogens with one attached hydrogen (secondary N) is 2. The van der Waals surface area contributed by atoms with E-state index in [2.05, 4.69) is 34.0 Å². The highest BCUT2D eigenvalue weighted by Gasteiger charge is 2.22. The van der Waals surface area contributed by atoms with Gasteiger partial charge in [-0.1, -0.05) is 24.3 Å². The van der Waals surface area contributed by atoms with Gasteiger partial charge in [0.15, 0.2) is 0 Å². The summed E-state index contributed by atoms with van der Waals surface area (Å²) in [6.07, 6.45) is 3.49. The molecule has 134 valence electrons. The van der Waals surface area contributed by atoms with Gasteiger partial charge in [-0.05, 0) is 37.3 Å². The van der Waals surface area contributed by atoms with Gasteiger partial charge in [0.05, 0.1) is 12.8 Å². The Bertz CT molecular complexity index is 653. The first-order valence-corrected chi connectivity index (χ1v) is 10.2. The van der Waals surface area contributed by atoms with E-state index < -0.39 is 10.0 Å². The van der Waals surface area contributed by atoms with Crippen LogP contribution >= 0.6 is 0 Å². The van der Waals surface area contributed by atoms with E-state index in [4.69, 9.17) is 0 Å². The van der Waals surface area contributed by atoms with Crippen molar-refractivity contribution in [2.45, 2.75) is 32.2 Å². The Kier molecular flexibility index (Phi) is 6.77. The molecule has 1 aromatic carbocycles. The lowest BCUT2D eigenvalue weighted by Crippen LogP contribution is -2.47. The van der Waals surface area contributed by atoms with Gasteiger partial charge in [-0.15, -0.1) is 0 Å². The van der Waals surface area contributed by atoms with Crippen molar-refractivity contribution in [3.05, 3.63) is 35.4 Å². The predicted molar refractivity (Wildman–Crippen MR) is 95.3 cm³/mol. The van der Waals surface area contributed by atoms with Gasteiger partial charge < -0.3 is 5.32 Å². The van der Waals surface area contributed by atoms with E-state index >= 15 is 0 Å². The van der Waals surface area contributed by atoms with Crippen molar-refractivity contribution in [2.75, 3.05) is 32.4 Å². The number of hydrogen-bond acceptors (Lipinski definition) is 4. The van der Waals surface area contributed by atoms with Crippen LogP contribution in [0.5, 0.6) is 0 Å². The number of likely N-dealkylation sites (tertiary alicyclic amines) is 1. The summed E-state index contributed by atoms with van der Waals surface area (Å²) in [7, 11) is -3.15. The van der Waals surface area contributed by atoms with Gasteiger partial charge in [0.1, 0.15) is 0 Å². The molecule has 1 heterocycles. The minimum atomic E-state index is -3.15. The number of hydrogen-bond donors (Lipinski definition) is 2. The summed E-state index contributed by atoms with van der Waals surface area (Å²) in [6.45, 7) is 4.55. The molecule has 1 aliphatic rings. The lowest BCUT2D eigenvalue weighted by Gasteiger charge is -2.31. The van der Waals surface area contributed by atoms with Crippen molar-refractivity contribution in [2.24, 2.45) is 0 Å². The molecule has 0 unspecified atom stereocenters. The lowest BCUT2D eigenvalue weighted by atomic mass is 10.1. The van der Waals surface area contributed by atoms with Crippen molar-refractivity contribution >= 4 is 15.9 Å². The van der Waals surface area contributed by atoms with Gasteiger partial charge in [0.2, 0.25) is 15.9 Å². The van der Waals surface area contributed by atoms with Crippen LogP contribution in [0.1, 0.15) is 24.0 Å². The SMILES string of the molecule is Cc1ccccc1CCNC(=O)CN1CCC(NS(C)(=O)=O)CC1. The van der Waals surface area contributed by atoms with E-state index in [0.29, 0.717) is 13.1 Å². The quantitative estimate of drug-likeness (QED) is 0.755. The minimum Gasteiger partial charge on any atom is -0.355 e. The molecule has 0 bridgehead atoms. The maximum atomic E-state index is 12.0. The van der Waals surface area contributed by atoms with Crippen LogP contribution in [0, 0.1) is 6.92 Å². The zero-order valence-corrected chi connectivity index (χ0v) is 15.2. The largest absolute Gasteiger partial charge is 0.355 e. The van der Waals surface area contributed by atoms with Gasteiger partial charge in [-0.2, -0.15) is 0 Å². The highest BCUT2D eigenvalue weighted by molar-refractivity contribution is 7.88. The number of nitrogens with zero attached hydrogens (tertiary/aromatic N) is 1. The summed E-state index contributed by atoms with van der Waals surface area (Å²) >= 11 is 0. The number of carbonyl (C=O) groups excluding carboxylic acids is 1. The van der Waals surface area contributed by atoms with Crippen LogP contribution in [-0.2, 0) is 21.2 Å². The number of carbonyl (C=O) groups is 1. The Hall–Kier alpha value is -1.44. The maximum absolute atomic E-state index is 12.0. The molecule has 1 saturated heterocycles. The number of aryl methyl sites for hydroxylation is 1. The second-order valence-electron chi connectivity index (χ2n) is 6.47. The molecule has 1 amide bonds. The molecule has 0 atom stereocenters. The Morgan fingerprint density at radius 3 is 2.54 bits per heavy atom. The first-order valence-electron chi connectivity index (χ1n) is 8.34. The van der Waals surface area contributed by atoms with Crippen molar-refractivity contribution in [1.29, 1.82) is 0 Å². The van der Waals surface area contributed by atoms with Gasteiger partial charge >= 0.3 is 0 Å². The molecule has 6 nitrogen and oxygen atoms in total. The number of benzene rings is 1. The summed E-state index contributed by atoms with van der Waals surface area (Å²) in [6, 6.07) is 8.17. The molecule has 0 radical (unpaired) electrons. The van der Waals surface area contributed by atoms with Crippen LogP contribution in [0.25, 0.3) is 0 Å². The van der Waals surface area contributed by atoms with E-state index in [1.165, 1.54) is 17.4 Å². The number of piperidine rings is 1. The fraction of sp³-hybridized carbons (Fsp3) is 0.588. The molecule has 0 aliphatic carbocycles. The predicted octanol–water partition coefficient (Wildman–Crippen LogP) is 0.667. The maximum Gasteiger partial charge on any atom is 0.234 e. The van der Waals surface area contributed by atoms with Crippen LogP contribution in [-0.4, -0.2) is 57.7 Å². The Balaban J connectivity index is 1.66. The molecule has 7 heteroatoms. The molecule has 0 saturated carbocycles. The molecule has 1 fully saturated rings. The molecule has 1 aromatic rings. The second-order valence-corrected chi connectivity index (χ2v) is 8.25. The third-order valence-electron chi connectivity index (χ3n) is 4.31. The molecule has 2 N–H and O–H groups in total. The fourth-order valence-electron chi connectivity index (χ4n) is 3.00.